The first-order valence-corrected chi connectivity index (χ1v) is 7.42. The van der Waals surface area contributed by atoms with E-state index in [1.807, 2.05) is 24.3 Å². The van der Waals surface area contributed by atoms with Gasteiger partial charge in [-0.15, -0.1) is 0 Å². The first-order valence-electron chi connectivity index (χ1n) is 7.42. The summed E-state index contributed by atoms with van der Waals surface area (Å²) >= 11 is 0. The highest BCUT2D eigenvalue weighted by Gasteiger charge is 2.28. The molecular weight excluding hydrogens is 252 g/mol. The molecule has 0 spiro atoms. The summed E-state index contributed by atoms with van der Waals surface area (Å²) in [5.74, 6) is 1.02. The van der Waals surface area contributed by atoms with Crippen LogP contribution in [-0.2, 0) is 11.2 Å². The summed E-state index contributed by atoms with van der Waals surface area (Å²) in [5, 5.41) is 3.19. The molecule has 0 aromatic heterocycles. The fourth-order valence-corrected chi connectivity index (χ4v) is 2.97. The molecule has 4 nitrogen and oxygen atoms in total. The van der Waals surface area contributed by atoms with Crippen LogP contribution in [0.3, 0.4) is 0 Å². The van der Waals surface area contributed by atoms with Gasteiger partial charge in [-0.3, -0.25) is 4.79 Å². The molecular formula is C16H22N2O2. The summed E-state index contributed by atoms with van der Waals surface area (Å²) < 4.78 is 5.69. The first-order chi connectivity index (χ1) is 9.72. The van der Waals surface area contributed by atoms with Crippen LogP contribution in [0.15, 0.2) is 24.3 Å². The number of rotatable bonds is 2. The van der Waals surface area contributed by atoms with Gasteiger partial charge in [0.25, 0.3) is 0 Å². The van der Waals surface area contributed by atoms with Crippen LogP contribution in [-0.4, -0.2) is 43.6 Å². The second kappa shape index (κ2) is 5.83. The zero-order valence-corrected chi connectivity index (χ0v) is 12.0. The highest BCUT2D eigenvalue weighted by molar-refractivity contribution is 5.79. The molecule has 1 unspecified atom stereocenters. The molecule has 2 aliphatic heterocycles. The molecule has 1 saturated heterocycles. The van der Waals surface area contributed by atoms with E-state index in [-0.39, 0.29) is 11.8 Å². The summed E-state index contributed by atoms with van der Waals surface area (Å²) in [7, 11) is 2.13. The summed E-state index contributed by atoms with van der Waals surface area (Å²) in [6, 6.07) is 8.32. The van der Waals surface area contributed by atoms with Crippen molar-refractivity contribution < 1.29 is 9.53 Å². The third kappa shape index (κ3) is 2.96. The molecule has 2 aliphatic rings. The fourth-order valence-electron chi connectivity index (χ4n) is 2.97. The maximum Gasteiger partial charge on any atom is 0.227 e. The molecule has 0 aliphatic carbocycles. The van der Waals surface area contributed by atoms with E-state index in [0.29, 0.717) is 12.6 Å². The highest BCUT2D eigenvalue weighted by Crippen LogP contribution is 2.27. The van der Waals surface area contributed by atoms with Crippen molar-refractivity contribution >= 4 is 5.91 Å². The number of nitrogens with one attached hydrogen (secondary N) is 1. The number of hydrogen-bond acceptors (Lipinski definition) is 3. The number of amides is 1. The lowest BCUT2D eigenvalue weighted by Crippen LogP contribution is -2.47. The van der Waals surface area contributed by atoms with Crippen LogP contribution >= 0.6 is 0 Å². The molecule has 1 aromatic rings. The predicted molar refractivity (Wildman–Crippen MR) is 77.8 cm³/mol. The Labute approximate surface area is 120 Å². The van der Waals surface area contributed by atoms with Crippen molar-refractivity contribution in [2.24, 2.45) is 5.92 Å². The number of piperidine rings is 1. The van der Waals surface area contributed by atoms with Crippen LogP contribution in [0.25, 0.3) is 0 Å². The Balaban J connectivity index is 1.56. The van der Waals surface area contributed by atoms with Gasteiger partial charge >= 0.3 is 0 Å². The van der Waals surface area contributed by atoms with Gasteiger partial charge in [0.1, 0.15) is 12.4 Å². The Kier molecular flexibility index (Phi) is 3.92. The molecule has 1 fully saturated rings. The van der Waals surface area contributed by atoms with Crippen molar-refractivity contribution in [2.45, 2.75) is 25.3 Å². The minimum Gasteiger partial charge on any atom is -0.492 e. The van der Waals surface area contributed by atoms with Gasteiger partial charge in [-0.2, -0.15) is 0 Å². The van der Waals surface area contributed by atoms with Gasteiger partial charge in [0.2, 0.25) is 5.91 Å². The summed E-state index contributed by atoms with van der Waals surface area (Å²) in [5.41, 5.74) is 1.14. The van der Waals surface area contributed by atoms with Crippen LogP contribution in [0.1, 0.15) is 18.4 Å². The van der Waals surface area contributed by atoms with E-state index in [4.69, 9.17) is 4.74 Å². The maximum atomic E-state index is 12.4. The lowest BCUT2D eigenvalue weighted by atomic mass is 9.95. The number of ether oxygens (including phenoxy) is 1. The molecule has 3 rings (SSSR count). The van der Waals surface area contributed by atoms with Crippen molar-refractivity contribution in [2.75, 3.05) is 26.7 Å². The van der Waals surface area contributed by atoms with Crippen molar-refractivity contribution in [1.29, 1.82) is 0 Å². The van der Waals surface area contributed by atoms with Crippen molar-refractivity contribution in [1.82, 2.24) is 10.2 Å². The Bertz CT molecular complexity index is 481. The monoisotopic (exact) mass is 274 g/mol. The summed E-state index contributed by atoms with van der Waals surface area (Å²) in [4.78, 5) is 14.7. The van der Waals surface area contributed by atoms with Gasteiger partial charge in [0, 0.05) is 6.04 Å². The Morgan fingerprint density at radius 3 is 2.85 bits per heavy atom. The highest BCUT2D eigenvalue weighted by atomic mass is 16.5. The Hall–Kier alpha value is -1.55. The molecule has 0 saturated carbocycles. The van der Waals surface area contributed by atoms with Crippen molar-refractivity contribution in [3.05, 3.63) is 29.8 Å². The molecule has 2 heterocycles. The van der Waals surface area contributed by atoms with E-state index in [0.717, 1.165) is 43.7 Å². The normalized spacial score (nSPS) is 23.8. The van der Waals surface area contributed by atoms with E-state index in [1.165, 1.54) is 0 Å². The lowest BCUT2D eigenvalue weighted by Gasteiger charge is -2.31. The maximum absolute atomic E-state index is 12.4. The van der Waals surface area contributed by atoms with Crippen LogP contribution < -0.4 is 10.1 Å². The van der Waals surface area contributed by atoms with Gasteiger partial charge < -0.3 is 15.0 Å². The Morgan fingerprint density at radius 2 is 2.05 bits per heavy atom. The van der Waals surface area contributed by atoms with Gasteiger partial charge in [-0.05, 0) is 51.0 Å². The molecule has 1 aromatic carbocycles. The topological polar surface area (TPSA) is 41.6 Å². The third-order valence-electron chi connectivity index (χ3n) is 4.31. The third-order valence-corrected chi connectivity index (χ3v) is 4.31. The molecule has 20 heavy (non-hydrogen) atoms. The number of likely N-dealkylation sites (tertiary alicyclic amines) is 1. The predicted octanol–water partition coefficient (Wildman–Crippen LogP) is 1.45. The smallest absolute Gasteiger partial charge is 0.227 e. The molecule has 0 bridgehead atoms. The quantitative estimate of drug-likeness (QED) is 0.887. The number of nitrogens with zero attached hydrogens (tertiary/aromatic N) is 1. The number of para-hydroxylation sites is 1. The van der Waals surface area contributed by atoms with E-state index in [1.54, 1.807) is 0 Å². The molecule has 108 valence electrons. The van der Waals surface area contributed by atoms with Gasteiger partial charge in [0.15, 0.2) is 0 Å². The van der Waals surface area contributed by atoms with Crippen LogP contribution in [0.2, 0.25) is 0 Å². The van der Waals surface area contributed by atoms with Crippen molar-refractivity contribution in [3.63, 3.8) is 0 Å². The SMILES string of the molecule is CN1CCC(NC(=O)C2COc3ccccc3C2)CC1. The molecule has 1 N–H and O–H groups in total. The van der Waals surface area contributed by atoms with E-state index in [9.17, 15) is 4.79 Å². The average Bonchev–Trinajstić information content (AvgIpc) is 2.49. The van der Waals surface area contributed by atoms with Gasteiger partial charge in [-0.1, -0.05) is 18.2 Å². The van der Waals surface area contributed by atoms with E-state index >= 15 is 0 Å². The number of carbonyl (C=O) groups is 1. The Morgan fingerprint density at radius 1 is 1.30 bits per heavy atom. The number of carbonyl (C=O) groups excluding carboxylic acids is 1. The fraction of sp³-hybridized carbons (Fsp3) is 0.562. The molecule has 1 amide bonds. The summed E-state index contributed by atoms with van der Waals surface area (Å²) in [6.07, 6.45) is 2.88. The second-order valence-corrected chi connectivity index (χ2v) is 5.91. The average molecular weight is 274 g/mol. The van der Waals surface area contributed by atoms with E-state index in [2.05, 4.69) is 17.3 Å². The minimum absolute atomic E-state index is 0.0513. The van der Waals surface area contributed by atoms with Crippen LogP contribution in [0.4, 0.5) is 0 Å². The first kappa shape index (κ1) is 13.4. The second-order valence-electron chi connectivity index (χ2n) is 5.91. The summed E-state index contributed by atoms with van der Waals surface area (Å²) in [6.45, 7) is 2.62. The number of hydrogen-bond donors (Lipinski definition) is 1. The molecule has 0 radical (unpaired) electrons. The molecule has 1 atom stereocenters. The van der Waals surface area contributed by atoms with Crippen LogP contribution in [0, 0.1) is 5.92 Å². The zero-order valence-electron chi connectivity index (χ0n) is 12.0. The minimum atomic E-state index is -0.0513. The standard InChI is InChI=1S/C16H22N2O2/c1-18-8-6-14(7-9-18)17-16(19)13-10-12-4-2-3-5-15(12)20-11-13/h2-5,13-14H,6-11H2,1H3,(H,17,19). The lowest BCUT2D eigenvalue weighted by molar-refractivity contribution is -0.127. The zero-order chi connectivity index (χ0) is 13.9. The van der Waals surface area contributed by atoms with Gasteiger partial charge in [0.05, 0.1) is 5.92 Å². The van der Waals surface area contributed by atoms with Gasteiger partial charge in [-0.25, -0.2) is 0 Å². The number of fused-ring (bicyclic) bond motifs is 1. The molecule has 4 heteroatoms. The van der Waals surface area contributed by atoms with Crippen molar-refractivity contribution in [3.8, 4) is 5.75 Å². The number of benzene rings is 1. The van der Waals surface area contributed by atoms with E-state index < -0.39 is 0 Å². The van der Waals surface area contributed by atoms with Crippen LogP contribution in [0.5, 0.6) is 5.75 Å². The largest absolute Gasteiger partial charge is 0.492 e.